The van der Waals surface area contributed by atoms with E-state index in [9.17, 15) is 9.90 Å². The van der Waals surface area contributed by atoms with E-state index in [0.717, 1.165) is 56.1 Å². The van der Waals surface area contributed by atoms with Gasteiger partial charge in [0, 0.05) is 19.6 Å². The predicted molar refractivity (Wildman–Crippen MR) is 103 cm³/mol. The normalized spacial score (nSPS) is 20.3. The van der Waals surface area contributed by atoms with E-state index in [-0.39, 0.29) is 0 Å². The van der Waals surface area contributed by atoms with Crippen LogP contribution >= 0.6 is 0 Å². The number of hydrazine groups is 1. The number of piperidine rings is 1. The van der Waals surface area contributed by atoms with Crippen molar-refractivity contribution in [3.63, 3.8) is 0 Å². The van der Waals surface area contributed by atoms with Crippen molar-refractivity contribution in [2.45, 2.75) is 45.7 Å². The van der Waals surface area contributed by atoms with Crippen molar-refractivity contribution in [3.05, 3.63) is 23.8 Å². The monoisotopic (exact) mass is 377 g/mol. The smallest absolute Gasteiger partial charge is 0.422 e. The van der Waals surface area contributed by atoms with Crippen molar-refractivity contribution in [3.8, 4) is 11.5 Å². The fourth-order valence-electron chi connectivity index (χ4n) is 3.84. The number of fused-ring (bicyclic) bond motifs is 1. The van der Waals surface area contributed by atoms with E-state index in [1.165, 1.54) is 5.01 Å². The molecule has 2 N–H and O–H groups in total. The average molecular weight is 377 g/mol. The molecule has 1 amide bonds. The van der Waals surface area contributed by atoms with Gasteiger partial charge < -0.3 is 19.9 Å². The number of benzene rings is 1. The van der Waals surface area contributed by atoms with E-state index in [4.69, 9.17) is 9.47 Å². The first-order valence-corrected chi connectivity index (χ1v) is 9.72. The molecule has 1 saturated heterocycles. The number of hydrogen-bond donors (Lipinski definition) is 2. The maximum Gasteiger partial charge on any atom is 0.422 e. The van der Waals surface area contributed by atoms with Crippen LogP contribution in [0.2, 0.25) is 0 Å². The Balaban J connectivity index is 1.52. The molecule has 7 heteroatoms. The molecule has 0 spiro atoms. The van der Waals surface area contributed by atoms with Crippen molar-refractivity contribution < 1.29 is 19.4 Å². The minimum Gasteiger partial charge on any atom is -0.486 e. The first-order chi connectivity index (χ1) is 12.8. The number of nitrogens with one attached hydrogen (secondary N) is 1. The Labute approximate surface area is 161 Å². The number of carboxylic acid groups (broad SMARTS) is 1. The number of ether oxygens (including phenoxy) is 2. The van der Waals surface area contributed by atoms with Crippen molar-refractivity contribution in [1.29, 1.82) is 0 Å². The Hall–Kier alpha value is -1.99. The lowest BCUT2D eigenvalue weighted by atomic mass is 9.98. The molecule has 2 heterocycles. The first-order valence-electron chi connectivity index (χ1n) is 9.72. The van der Waals surface area contributed by atoms with Gasteiger partial charge in [-0.15, -0.1) is 0 Å². The van der Waals surface area contributed by atoms with Crippen molar-refractivity contribution in [2.75, 3.05) is 32.8 Å². The summed E-state index contributed by atoms with van der Waals surface area (Å²) < 4.78 is 11.2. The number of rotatable bonds is 5. The molecule has 2 aliphatic rings. The van der Waals surface area contributed by atoms with E-state index in [1.807, 2.05) is 37.9 Å². The second-order valence-corrected chi connectivity index (χ2v) is 8.29. The van der Waals surface area contributed by atoms with Crippen LogP contribution in [-0.2, 0) is 6.54 Å². The van der Waals surface area contributed by atoms with Crippen molar-refractivity contribution >= 4 is 6.09 Å². The zero-order valence-electron chi connectivity index (χ0n) is 16.5. The Morgan fingerprint density at radius 3 is 2.74 bits per heavy atom. The molecule has 1 fully saturated rings. The summed E-state index contributed by atoms with van der Waals surface area (Å²) in [5.41, 5.74) is 0.723. The fourth-order valence-corrected chi connectivity index (χ4v) is 3.84. The van der Waals surface area contributed by atoms with Crippen LogP contribution in [0.1, 0.15) is 39.2 Å². The zero-order valence-corrected chi connectivity index (χ0v) is 16.5. The maximum atomic E-state index is 11.7. The number of hydrogen-bond acceptors (Lipinski definition) is 5. The molecule has 1 aromatic carbocycles. The van der Waals surface area contributed by atoms with Crippen LogP contribution in [0.3, 0.4) is 0 Å². The minimum absolute atomic E-state index is 0.431. The SMILES string of the molecule is CC(C)(C)N(C(=O)O)N1CCC[C@H](CNCc2ccc3c(c2)OCCO3)C1. The molecule has 1 aromatic rings. The molecule has 0 bridgehead atoms. The molecule has 2 aliphatic heterocycles. The quantitative estimate of drug-likeness (QED) is 0.822. The van der Waals surface area contributed by atoms with E-state index >= 15 is 0 Å². The summed E-state index contributed by atoms with van der Waals surface area (Å²) in [5.74, 6) is 2.05. The summed E-state index contributed by atoms with van der Waals surface area (Å²) in [6, 6.07) is 6.04. The highest BCUT2D eigenvalue weighted by molar-refractivity contribution is 5.65. The van der Waals surface area contributed by atoms with Gasteiger partial charge in [-0.2, -0.15) is 0 Å². The molecular weight excluding hydrogens is 346 g/mol. The lowest BCUT2D eigenvalue weighted by molar-refractivity contribution is -0.0866. The number of amides is 1. The molecule has 7 nitrogen and oxygen atoms in total. The predicted octanol–water partition coefficient (Wildman–Crippen LogP) is 2.95. The topological polar surface area (TPSA) is 74.3 Å². The Bertz CT molecular complexity index is 659. The summed E-state index contributed by atoms with van der Waals surface area (Å²) in [7, 11) is 0. The molecule has 1 atom stereocenters. The van der Waals surface area contributed by atoms with Crippen molar-refractivity contribution in [1.82, 2.24) is 15.3 Å². The second-order valence-electron chi connectivity index (χ2n) is 8.29. The van der Waals surface area contributed by atoms with Gasteiger partial charge in [0.2, 0.25) is 0 Å². The van der Waals surface area contributed by atoms with Gasteiger partial charge in [-0.25, -0.2) is 14.8 Å². The van der Waals surface area contributed by atoms with E-state index in [1.54, 1.807) is 0 Å². The zero-order chi connectivity index (χ0) is 19.4. The third kappa shape index (κ3) is 5.05. The maximum absolute atomic E-state index is 11.7. The lowest BCUT2D eigenvalue weighted by Gasteiger charge is -2.45. The lowest BCUT2D eigenvalue weighted by Crippen LogP contribution is -2.58. The van der Waals surface area contributed by atoms with Gasteiger partial charge in [0.25, 0.3) is 0 Å². The van der Waals surface area contributed by atoms with Gasteiger partial charge in [-0.3, -0.25) is 0 Å². The Kier molecular flexibility index (Phi) is 6.11. The first kappa shape index (κ1) is 19.8. The summed E-state index contributed by atoms with van der Waals surface area (Å²) in [4.78, 5) is 11.7. The van der Waals surface area contributed by atoms with Crippen LogP contribution in [-0.4, -0.2) is 59.6 Å². The molecule has 150 valence electrons. The molecule has 3 rings (SSSR count). The van der Waals surface area contributed by atoms with Gasteiger partial charge in [-0.1, -0.05) is 6.07 Å². The molecule has 0 aliphatic carbocycles. The third-order valence-electron chi connectivity index (χ3n) is 4.97. The molecular formula is C20H31N3O4. The van der Waals surface area contributed by atoms with Gasteiger partial charge in [0.1, 0.15) is 13.2 Å². The second kappa shape index (κ2) is 8.35. The third-order valence-corrected chi connectivity index (χ3v) is 4.97. The van der Waals surface area contributed by atoms with Crippen LogP contribution in [0, 0.1) is 5.92 Å². The van der Waals surface area contributed by atoms with E-state index in [0.29, 0.717) is 19.1 Å². The van der Waals surface area contributed by atoms with Gasteiger partial charge in [0.05, 0.1) is 5.54 Å². The van der Waals surface area contributed by atoms with Crippen LogP contribution in [0.5, 0.6) is 11.5 Å². The van der Waals surface area contributed by atoms with Gasteiger partial charge in [0.15, 0.2) is 11.5 Å². The van der Waals surface area contributed by atoms with E-state index in [2.05, 4.69) is 11.4 Å². The standard InChI is InChI=1S/C20H31N3O4/c1-20(2,3)23(19(24)25)22-8-4-5-16(14-22)13-21-12-15-6-7-17-18(11-15)27-10-9-26-17/h6-7,11,16,21H,4-5,8-10,12-14H2,1-3H3,(H,24,25)/t16-/m1/s1. The van der Waals surface area contributed by atoms with Crippen LogP contribution < -0.4 is 14.8 Å². The highest BCUT2D eigenvalue weighted by Gasteiger charge is 2.34. The molecule has 0 radical (unpaired) electrons. The molecule has 0 unspecified atom stereocenters. The van der Waals surface area contributed by atoms with E-state index < -0.39 is 11.6 Å². The molecule has 0 aromatic heterocycles. The highest BCUT2D eigenvalue weighted by Crippen LogP contribution is 2.30. The largest absolute Gasteiger partial charge is 0.486 e. The average Bonchev–Trinajstić information content (AvgIpc) is 2.60. The number of carbonyl (C=O) groups is 1. The van der Waals surface area contributed by atoms with Crippen LogP contribution in [0.4, 0.5) is 4.79 Å². The summed E-state index contributed by atoms with van der Waals surface area (Å²) in [5, 5.41) is 16.6. The number of nitrogens with zero attached hydrogens (tertiary/aromatic N) is 2. The highest BCUT2D eigenvalue weighted by atomic mass is 16.6. The molecule has 27 heavy (non-hydrogen) atoms. The summed E-state index contributed by atoms with van der Waals surface area (Å²) in [6.45, 7) is 10.2. The van der Waals surface area contributed by atoms with Gasteiger partial charge in [-0.05, 0) is 63.8 Å². The van der Waals surface area contributed by atoms with Crippen LogP contribution in [0.15, 0.2) is 18.2 Å². The van der Waals surface area contributed by atoms with Gasteiger partial charge >= 0.3 is 6.09 Å². The molecule has 0 saturated carbocycles. The Morgan fingerprint density at radius 2 is 2.04 bits per heavy atom. The Morgan fingerprint density at radius 1 is 1.30 bits per heavy atom. The van der Waals surface area contributed by atoms with Crippen LogP contribution in [0.25, 0.3) is 0 Å². The summed E-state index contributed by atoms with van der Waals surface area (Å²) in [6.07, 6.45) is 1.24. The van der Waals surface area contributed by atoms with Crippen molar-refractivity contribution in [2.24, 2.45) is 5.92 Å². The fraction of sp³-hybridized carbons (Fsp3) is 0.650. The summed E-state index contributed by atoms with van der Waals surface area (Å²) >= 11 is 0. The minimum atomic E-state index is -0.882.